The van der Waals surface area contributed by atoms with E-state index in [-0.39, 0.29) is 0 Å². The zero-order valence-corrected chi connectivity index (χ0v) is 14.3. The minimum atomic E-state index is 0.627. The number of rotatable bonds is 6. The van der Waals surface area contributed by atoms with E-state index < -0.39 is 0 Å². The molecule has 0 radical (unpaired) electrons. The SMILES string of the molecule is CC(C)=CCc1cccnc1Oc1ncccc1CC=C(C)C. The van der Waals surface area contributed by atoms with E-state index in [9.17, 15) is 0 Å². The molecule has 0 aliphatic heterocycles. The first-order valence-corrected chi connectivity index (χ1v) is 7.88. The van der Waals surface area contributed by atoms with Crippen LogP contribution in [0.2, 0.25) is 0 Å². The van der Waals surface area contributed by atoms with Crippen LogP contribution in [0.3, 0.4) is 0 Å². The number of pyridine rings is 2. The average molecular weight is 308 g/mol. The van der Waals surface area contributed by atoms with Crippen LogP contribution in [-0.4, -0.2) is 9.97 Å². The van der Waals surface area contributed by atoms with Crippen molar-refractivity contribution >= 4 is 0 Å². The lowest BCUT2D eigenvalue weighted by Crippen LogP contribution is -1.98. The molecule has 0 fully saturated rings. The minimum Gasteiger partial charge on any atom is -0.420 e. The molecule has 2 aromatic rings. The quantitative estimate of drug-likeness (QED) is 0.680. The first kappa shape index (κ1) is 16.9. The number of hydrogen-bond donors (Lipinski definition) is 0. The zero-order valence-electron chi connectivity index (χ0n) is 14.3. The Kier molecular flexibility index (Phi) is 6.10. The molecule has 0 saturated carbocycles. The normalized spacial score (nSPS) is 10.1. The van der Waals surface area contributed by atoms with Gasteiger partial charge in [-0.25, -0.2) is 9.97 Å². The van der Waals surface area contributed by atoms with Crippen molar-refractivity contribution in [2.24, 2.45) is 0 Å². The Balaban J connectivity index is 2.26. The lowest BCUT2D eigenvalue weighted by Gasteiger charge is -2.11. The highest BCUT2D eigenvalue weighted by atomic mass is 16.5. The highest BCUT2D eigenvalue weighted by Crippen LogP contribution is 2.25. The third kappa shape index (κ3) is 5.37. The Morgan fingerprint density at radius 1 is 0.826 bits per heavy atom. The molecular formula is C20H24N2O. The van der Waals surface area contributed by atoms with Crippen LogP contribution in [0.5, 0.6) is 11.8 Å². The standard InChI is InChI=1S/C20H24N2O/c1-15(2)9-11-17-7-5-13-21-19(17)23-20-18(8-6-14-22-20)12-10-16(3)4/h5-10,13-14H,11-12H2,1-4H3. The Hall–Kier alpha value is -2.42. The maximum Gasteiger partial charge on any atom is 0.224 e. The number of aromatic nitrogens is 2. The van der Waals surface area contributed by atoms with Crippen molar-refractivity contribution in [2.45, 2.75) is 40.5 Å². The Bertz CT molecular complexity index is 648. The summed E-state index contributed by atoms with van der Waals surface area (Å²) in [6, 6.07) is 7.95. The van der Waals surface area contributed by atoms with Gasteiger partial charge >= 0.3 is 0 Å². The molecule has 0 spiro atoms. The first-order chi connectivity index (χ1) is 11.1. The van der Waals surface area contributed by atoms with E-state index >= 15 is 0 Å². The fourth-order valence-electron chi connectivity index (χ4n) is 2.06. The molecule has 0 atom stereocenters. The van der Waals surface area contributed by atoms with E-state index in [4.69, 9.17) is 4.74 Å². The van der Waals surface area contributed by atoms with Gasteiger partial charge in [0.05, 0.1) is 0 Å². The van der Waals surface area contributed by atoms with Crippen LogP contribution in [0, 0.1) is 0 Å². The third-order valence-corrected chi connectivity index (χ3v) is 3.35. The van der Waals surface area contributed by atoms with Crippen LogP contribution in [0.4, 0.5) is 0 Å². The predicted octanol–water partition coefficient (Wildman–Crippen LogP) is 5.29. The molecule has 120 valence electrons. The minimum absolute atomic E-state index is 0.627. The van der Waals surface area contributed by atoms with E-state index in [1.54, 1.807) is 12.4 Å². The van der Waals surface area contributed by atoms with Crippen LogP contribution in [-0.2, 0) is 12.8 Å². The summed E-state index contributed by atoms with van der Waals surface area (Å²) in [7, 11) is 0. The molecule has 0 saturated heterocycles. The van der Waals surface area contributed by atoms with Gasteiger partial charge < -0.3 is 4.74 Å². The van der Waals surface area contributed by atoms with Crippen molar-refractivity contribution in [1.82, 2.24) is 9.97 Å². The Morgan fingerprint density at radius 2 is 1.26 bits per heavy atom. The summed E-state index contributed by atoms with van der Waals surface area (Å²) in [6.45, 7) is 8.36. The van der Waals surface area contributed by atoms with Gasteiger partial charge in [0.2, 0.25) is 11.8 Å². The molecule has 0 aliphatic carbocycles. The van der Waals surface area contributed by atoms with Gasteiger partial charge in [-0.3, -0.25) is 0 Å². The molecule has 3 nitrogen and oxygen atoms in total. The second kappa shape index (κ2) is 8.28. The van der Waals surface area contributed by atoms with E-state index in [2.05, 4.69) is 49.8 Å². The molecule has 3 heteroatoms. The predicted molar refractivity (Wildman–Crippen MR) is 94.8 cm³/mol. The van der Waals surface area contributed by atoms with Crippen LogP contribution >= 0.6 is 0 Å². The Morgan fingerprint density at radius 3 is 1.65 bits per heavy atom. The number of ether oxygens (including phenoxy) is 1. The van der Waals surface area contributed by atoms with Crippen LogP contribution in [0.25, 0.3) is 0 Å². The first-order valence-electron chi connectivity index (χ1n) is 7.88. The maximum atomic E-state index is 6.02. The summed E-state index contributed by atoms with van der Waals surface area (Å²) >= 11 is 0. The molecule has 0 amide bonds. The summed E-state index contributed by atoms with van der Waals surface area (Å²) < 4.78 is 6.02. The lowest BCUT2D eigenvalue weighted by molar-refractivity contribution is 0.435. The smallest absolute Gasteiger partial charge is 0.224 e. The van der Waals surface area contributed by atoms with Gasteiger partial charge in [-0.05, 0) is 52.7 Å². The van der Waals surface area contributed by atoms with E-state index in [0.29, 0.717) is 11.8 Å². The van der Waals surface area contributed by atoms with Crippen LogP contribution < -0.4 is 4.74 Å². The van der Waals surface area contributed by atoms with Crippen molar-refractivity contribution < 1.29 is 4.74 Å². The largest absolute Gasteiger partial charge is 0.420 e. The molecular weight excluding hydrogens is 284 g/mol. The number of hydrogen-bond acceptors (Lipinski definition) is 3. The fourth-order valence-corrected chi connectivity index (χ4v) is 2.06. The van der Waals surface area contributed by atoms with Gasteiger partial charge in [0.15, 0.2) is 0 Å². The second-order valence-corrected chi connectivity index (χ2v) is 6.01. The van der Waals surface area contributed by atoms with E-state index in [1.807, 2.05) is 24.3 Å². The third-order valence-electron chi connectivity index (χ3n) is 3.35. The summed E-state index contributed by atoms with van der Waals surface area (Å²) in [5.74, 6) is 1.25. The fraction of sp³-hybridized carbons (Fsp3) is 0.300. The molecule has 0 aliphatic rings. The summed E-state index contributed by atoms with van der Waals surface area (Å²) in [6.07, 6.45) is 9.46. The average Bonchev–Trinajstić information content (AvgIpc) is 2.53. The molecule has 2 rings (SSSR count). The maximum absolute atomic E-state index is 6.02. The topological polar surface area (TPSA) is 35.0 Å². The van der Waals surface area contributed by atoms with Gasteiger partial charge in [-0.2, -0.15) is 0 Å². The molecule has 0 aromatic carbocycles. The highest BCUT2D eigenvalue weighted by molar-refractivity contribution is 5.35. The van der Waals surface area contributed by atoms with Gasteiger partial charge in [-0.15, -0.1) is 0 Å². The van der Waals surface area contributed by atoms with Crippen molar-refractivity contribution in [2.75, 3.05) is 0 Å². The molecule has 0 unspecified atom stereocenters. The van der Waals surface area contributed by atoms with Crippen molar-refractivity contribution in [1.29, 1.82) is 0 Å². The molecule has 23 heavy (non-hydrogen) atoms. The van der Waals surface area contributed by atoms with Gasteiger partial charge in [-0.1, -0.05) is 35.4 Å². The molecule has 2 aromatic heterocycles. The van der Waals surface area contributed by atoms with E-state index in [1.165, 1.54) is 11.1 Å². The molecule has 2 heterocycles. The van der Waals surface area contributed by atoms with Crippen molar-refractivity contribution in [3.63, 3.8) is 0 Å². The van der Waals surface area contributed by atoms with E-state index in [0.717, 1.165) is 24.0 Å². The number of allylic oxidation sites excluding steroid dienone is 4. The lowest BCUT2D eigenvalue weighted by atomic mass is 10.1. The summed E-state index contributed by atoms with van der Waals surface area (Å²) in [5.41, 5.74) is 4.68. The van der Waals surface area contributed by atoms with Gasteiger partial charge in [0.1, 0.15) is 0 Å². The second-order valence-electron chi connectivity index (χ2n) is 6.01. The molecule has 0 bridgehead atoms. The Labute approximate surface area is 138 Å². The van der Waals surface area contributed by atoms with Gasteiger partial charge in [0, 0.05) is 23.5 Å². The van der Waals surface area contributed by atoms with Crippen LogP contribution in [0.1, 0.15) is 38.8 Å². The number of nitrogens with zero attached hydrogens (tertiary/aromatic N) is 2. The van der Waals surface area contributed by atoms with Crippen molar-refractivity contribution in [3.05, 3.63) is 71.1 Å². The van der Waals surface area contributed by atoms with Gasteiger partial charge in [0.25, 0.3) is 0 Å². The summed E-state index contributed by atoms with van der Waals surface area (Å²) in [5, 5.41) is 0. The monoisotopic (exact) mass is 308 g/mol. The van der Waals surface area contributed by atoms with Crippen LogP contribution in [0.15, 0.2) is 60.0 Å². The summed E-state index contributed by atoms with van der Waals surface area (Å²) in [4.78, 5) is 8.76. The van der Waals surface area contributed by atoms with Crippen molar-refractivity contribution in [3.8, 4) is 11.8 Å². The zero-order chi connectivity index (χ0) is 16.7. The highest BCUT2D eigenvalue weighted by Gasteiger charge is 2.09. The molecule has 0 N–H and O–H groups in total.